The second kappa shape index (κ2) is 9.64. The number of ketones is 1. The van der Waals surface area contributed by atoms with Crippen LogP contribution in [0.3, 0.4) is 0 Å². The Labute approximate surface area is 174 Å². The number of rotatable bonds is 7. The van der Waals surface area contributed by atoms with Crippen molar-refractivity contribution < 1.29 is 23.9 Å². The number of hydrogen-bond acceptors (Lipinski definition) is 6. The predicted octanol–water partition coefficient (Wildman–Crippen LogP) is 2.39. The number of hydrogen-bond donors (Lipinski definition) is 2. The molecule has 0 unspecified atom stereocenters. The van der Waals surface area contributed by atoms with E-state index in [1.165, 1.54) is 38.1 Å². The highest BCUT2D eigenvalue weighted by atomic mass is 16.5. The highest BCUT2D eigenvalue weighted by Gasteiger charge is 2.15. The maximum absolute atomic E-state index is 12.5. The quantitative estimate of drug-likeness (QED) is 0.409. The third-order valence-electron chi connectivity index (χ3n) is 4.25. The summed E-state index contributed by atoms with van der Waals surface area (Å²) < 4.78 is 6.74. The number of nitrogens with zero attached hydrogens (tertiary/aromatic N) is 2. The number of benzene rings is 1. The first kappa shape index (κ1) is 22.5. The summed E-state index contributed by atoms with van der Waals surface area (Å²) in [5.74, 6) is -1.85. The minimum absolute atomic E-state index is 0.162. The predicted molar refractivity (Wildman–Crippen MR) is 112 cm³/mol. The number of carbonyl (C=O) groups excluding carboxylic acids is 4. The Bertz CT molecular complexity index is 1040. The molecule has 0 aliphatic heterocycles. The number of nitrogens with one attached hydrogen (secondary N) is 2. The summed E-state index contributed by atoms with van der Waals surface area (Å²) >= 11 is 0. The van der Waals surface area contributed by atoms with E-state index in [1.807, 2.05) is 13.8 Å². The molecule has 0 radical (unpaired) electrons. The normalized spacial score (nSPS) is 10.7. The Morgan fingerprint density at radius 1 is 1.10 bits per heavy atom. The van der Waals surface area contributed by atoms with Gasteiger partial charge in [-0.05, 0) is 38.1 Å². The van der Waals surface area contributed by atoms with E-state index in [1.54, 1.807) is 17.8 Å². The zero-order valence-electron chi connectivity index (χ0n) is 17.5. The number of anilines is 2. The summed E-state index contributed by atoms with van der Waals surface area (Å²) in [6.07, 6.45) is 2.83. The van der Waals surface area contributed by atoms with Gasteiger partial charge in [-0.1, -0.05) is 0 Å². The summed E-state index contributed by atoms with van der Waals surface area (Å²) in [6.45, 7) is 5.85. The van der Waals surface area contributed by atoms with Crippen molar-refractivity contribution in [2.75, 3.05) is 17.2 Å². The first-order chi connectivity index (χ1) is 14.1. The Morgan fingerprint density at radius 2 is 1.77 bits per heavy atom. The van der Waals surface area contributed by atoms with E-state index < -0.39 is 18.4 Å². The number of Topliss-reactive ketones (excluding diaryl/α,β-unsaturated/α-hetero) is 1. The van der Waals surface area contributed by atoms with Gasteiger partial charge in [-0.3, -0.25) is 19.1 Å². The largest absolute Gasteiger partial charge is 0.454 e. The van der Waals surface area contributed by atoms with E-state index in [4.69, 9.17) is 4.74 Å². The molecule has 1 heterocycles. The number of aromatic nitrogens is 2. The average molecular weight is 412 g/mol. The fourth-order valence-electron chi connectivity index (χ4n) is 2.81. The molecule has 0 bridgehead atoms. The van der Waals surface area contributed by atoms with Gasteiger partial charge in [0.05, 0.1) is 11.4 Å². The highest BCUT2D eigenvalue weighted by Crippen LogP contribution is 2.22. The standard InChI is InChI=1S/C21H24N4O5/c1-12-17(13(2)25(5)24-12)8-9-21(29)30-11-20(28)18-7-6-16(22-14(3)26)10-19(18)23-15(4)27/h6-10H,11H2,1-5H3,(H,22,26)(H,23,27)/b9-8+. The van der Waals surface area contributed by atoms with Crippen LogP contribution in [0.2, 0.25) is 0 Å². The van der Waals surface area contributed by atoms with E-state index in [0.29, 0.717) is 5.69 Å². The van der Waals surface area contributed by atoms with E-state index in [-0.39, 0.29) is 23.1 Å². The second-order valence-electron chi connectivity index (χ2n) is 6.70. The van der Waals surface area contributed by atoms with Crippen molar-refractivity contribution in [1.82, 2.24) is 9.78 Å². The topological polar surface area (TPSA) is 119 Å². The lowest BCUT2D eigenvalue weighted by Crippen LogP contribution is -2.17. The van der Waals surface area contributed by atoms with Crippen LogP contribution in [-0.2, 0) is 26.2 Å². The van der Waals surface area contributed by atoms with Crippen molar-refractivity contribution >= 4 is 41.0 Å². The molecule has 0 aliphatic carbocycles. The maximum Gasteiger partial charge on any atom is 0.331 e. The van der Waals surface area contributed by atoms with Gasteiger partial charge in [0.2, 0.25) is 17.6 Å². The minimum Gasteiger partial charge on any atom is -0.454 e. The smallest absolute Gasteiger partial charge is 0.331 e. The molecule has 0 atom stereocenters. The Kier molecular flexibility index (Phi) is 7.24. The highest BCUT2D eigenvalue weighted by molar-refractivity contribution is 6.07. The zero-order chi connectivity index (χ0) is 22.4. The number of amides is 2. The van der Waals surface area contributed by atoms with Crippen molar-refractivity contribution in [3.05, 3.63) is 46.8 Å². The molecule has 1 aromatic carbocycles. The molecule has 9 nitrogen and oxygen atoms in total. The van der Waals surface area contributed by atoms with E-state index in [9.17, 15) is 19.2 Å². The number of esters is 1. The summed E-state index contributed by atoms with van der Waals surface area (Å²) in [7, 11) is 1.81. The van der Waals surface area contributed by atoms with Gasteiger partial charge in [-0.2, -0.15) is 5.10 Å². The summed E-state index contributed by atoms with van der Waals surface area (Å²) in [4.78, 5) is 47.2. The van der Waals surface area contributed by atoms with Crippen LogP contribution in [0.4, 0.5) is 11.4 Å². The summed E-state index contributed by atoms with van der Waals surface area (Å²) in [5.41, 5.74) is 3.27. The average Bonchev–Trinajstić information content (AvgIpc) is 2.89. The SMILES string of the molecule is CC(=O)Nc1ccc(C(=O)COC(=O)/C=C/c2c(C)nn(C)c2C)c(NC(C)=O)c1. The van der Waals surface area contributed by atoms with Gasteiger partial charge in [0, 0.05) is 49.5 Å². The molecule has 0 saturated carbocycles. The van der Waals surface area contributed by atoms with Crippen molar-refractivity contribution in [3.63, 3.8) is 0 Å². The number of ether oxygens (including phenoxy) is 1. The molecule has 0 aliphatic rings. The van der Waals surface area contributed by atoms with Gasteiger partial charge in [-0.15, -0.1) is 0 Å². The molecule has 2 aromatic rings. The molecule has 2 amide bonds. The lowest BCUT2D eigenvalue weighted by Gasteiger charge is -2.12. The number of aryl methyl sites for hydroxylation is 2. The maximum atomic E-state index is 12.5. The third-order valence-corrected chi connectivity index (χ3v) is 4.25. The van der Waals surface area contributed by atoms with Gasteiger partial charge >= 0.3 is 5.97 Å². The van der Waals surface area contributed by atoms with Gasteiger partial charge in [0.25, 0.3) is 0 Å². The fourth-order valence-corrected chi connectivity index (χ4v) is 2.81. The molecule has 2 rings (SSSR count). The lowest BCUT2D eigenvalue weighted by atomic mass is 10.1. The molecule has 158 valence electrons. The summed E-state index contributed by atoms with van der Waals surface area (Å²) in [6, 6.07) is 4.44. The van der Waals surface area contributed by atoms with Crippen molar-refractivity contribution in [3.8, 4) is 0 Å². The molecule has 0 spiro atoms. The lowest BCUT2D eigenvalue weighted by molar-refractivity contribution is -0.136. The van der Waals surface area contributed by atoms with E-state index in [2.05, 4.69) is 15.7 Å². The van der Waals surface area contributed by atoms with Crippen LogP contribution >= 0.6 is 0 Å². The molecule has 0 saturated heterocycles. The zero-order valence-corrected chi connectivity index (χ0v) is 17.5. The van der Waals surface area contributed by atoms with Crippen LogP contribution in [0.5, 0.6) is 0 Å². The van der Waals surface area contributed by atoms with Gasteiger partial charge in [0.15, 0.2) is 6.61 Å². The molecule has 30 heavy (non-hydrogen) atoms. The van der Waals surface area contributed by atoms with Crippen LogP contribution in [0, 0.1) is 13.8 Å². The third kappa shape index (κ3) is 5.87. The van der Waals surface area contributed by atoms with Crippen LogP contribution in [0.15, 0.2) is 24.3 Å². The molecule has 0 fully saturated rings. The first-order valence-electron chi connectivity index (χ1n) is 9.16. The molecule has 9 heteroatoms. The first-order valence-corrected chi connectivity index (χ1v) is 9.16. The van der Waals surface area contributed by atoms with Gasteiger partial charge < -0.3 is 15.4 Å². The van der Waals surface area contributed by atoms with Gasteiger partial charge in [-0.25, -0.2) is 4.79 Å². The van der Waals surface area contributed by atoms with Gasteiger partial charge in [0.1, 0.15) is 0 Å². The monoisotopic (exact) mass is 412 g/mol. The second-order valence-corrected chi connectivity index (χ2v) is 6.70. The Hall–Kier alpha value is -3.75. The Balaban J connectivity index is 2.09. The molecule has 1 aromatic heterocycles. The molecular formula is C21H24N4O5. The fraction of sp³-hybridized carbons (Fsp3) is 0.286. The van der Waals surface area contributed by atoms with Crippen molar-refractivity contribution in [2.24, 2.45) is 7.05 Å². The van der Waals surface area contributed by atoms with Crippen LogP contribution in [0.25, 0.3) is 6.08 Å². The van der Waals surface area contributed by atoms with E-state index in [0.717, 1.165) is 17.0 Å². The van der Waals surface area contributed by atoms with Crippen LogP contribution < -0.4 is 10.6 Å². The Morgan fingerprint density at radius 3 is 2.33 bits per heavy atom. The van der Waals surface area contributed by atoms with Crippen LogP contribution in [0.1, 0.15) is 41.2 Å². The number of carbonyl (C=O) groups is 4. The molecular weight excluding hydrogens is 388 g/mol. The van der Waals surface area contributed by atoms with Crippen LogP contribution in [-0.4, -0.2) is 40.0 Å². The van der Waals surface area contributed by atoms with Crippen molar-refractivity contribution in [1.29, 1.82) is 0 Å². The van der Waals surface area contributed by atoms with Crippen molar-refractivity contribution in [2.45, 2.75) is 27.7 Å². The minimum atomic E-state index is -0.679. The molecule has 2 N–H and O–H groups in total. The summed E-state index contributed by atoms with van der Waals surface area (Å²) in [5, 5.41) is 9.38. The van der Waals surface area contributed by atoms with E-state index >= 15 is 0 Å².